The van der Waals surface area contributed by atoms with Crippen LogP contribution in [0.2, 0.25) is 0 Å². The SMILES string of the molecule is CC(=O)S[C@@H]1C[C@@H](C(=O)N2CC[C@H](NC(=O)OCc3ccc([N+](=O)[O-])cc3)C2)N(C)C1. The van der Waals surface area contributed by atoms with Crippen LogP contribution in [-0.4, -0.2) is 75.9 Å². The minimum absolute atomic E-state index is 0.00126. The summed E-state index contributed by atoms with van der Waals surface area (Å²) in [7, 11) is 1.89. The molecule has 3 atom stereocenters. The van der Waals surface area contributed by atoms with Gasteiger partial charge in [-0.05, 0) is 37.6 Å². The lowest BCUT2D eigenvalue weighted by atomic mass is 10.2. The lowest BCUT2D eigenvalue weighted by molar-refractivity contribution is -0.384. The molecule has 168 valence electrons. The number of ether oxygens (including phenoxy) is 1. The number of thioether (sulfide) groups is 1. The number of nitrogens with zero attached hydrogens (tertiary/aromatic N) is 3. The van der Waals surface area contributed by atoms with Crippen molar-refractivity contribution in [3.8, 4) is 0 Å². The number of carbonyl (C=O) groups is 3. The van der Waals surface area contributed by atoms with Gasteiger partial charge in [0.05, 0.1) is 17.0 Å². The maximum atomic E-state index is 12.9. The number of nitro benzene ring substituents is 1. The summed E-state index contributed by atoms with van der Waals surface area (Å²) in [5.41, 5.74) is 0.620. The summed E-state index contributed by atoms with van der Waals surface area (Å²) in [5, 5.41) is 13.6. The Morgan fingerprint density at radius 3 is 2.61 bits per heavy atom. The molecule has 0 unspecified atom stereocenters. The number of likely N-dealkylation sites (tertiary alicyclic amines) is 2. The van der Waals surface area contributed by atoms with Gasteiger partial charge in [0.2, 0.25) is 5.91 Å². The monoisotopic (exact) mass is 450 g/mol. The zero-order chi connectivity index (χ0) is 22.5. The maximum absolute atomic E-state index is 12.9. The molecule has 1 aromatic rings. The largest absolute Gasteiger partial charge is 0.445 e. The molecule has 0 radical (unpaired) electrons. The van der Waals surface area contributed by atoms with E-state index in [-0.39, 0.29) is 40.7 Å². The Morgan fingerprint density at radius 1 is 1.26 bits per heavy atom. The van der Waals surface area contributed by atoms with Crippen LogP contribution in [0.3, 0.4) is 0 Å². The summed E-state index contributed by atoms with van der Waals surface area (Å²) in [6.45, 7) is 3.21. The highest BCUT2D eigenvalue weighted by molar-refractivity contribution is 8.14. The molecule has 0 bridgehead atoms. The van der Waals surface area contributed by atoms with E-state index in [0.29, 0.717) is 38.0 Å². The summed E-state index contributed by atoms with van der Waals surface area (Å²) >= 11 is 1.29. The van der Waals surface area contributed by atoms with E-state index < -0.39 is 11.0 Å². The van der Waals surface area contributed by atoms with E-state index >= 15 is 0 Å². The first kappa shape index (κ1) is 23.0. The van der Waals surface area contributed by atoms with Gasteiger partial charge in [0.1, 0.15) is 6.61 Å². The van der Waals surface area contributed by atoms with Gasteiger partial charge in [-0.1, -0.05) is 11.8 Å². The highest BCUT2D eigenvalue weighted by atomic mass is 32.2. The second kappa shape index (κ2) is 10.1. The Morgan fingerprint density at radius 2 is 1.97 bits per heavy atom. The van der Waals surface area contributed by atoms with Crippen LogP contribution in [0.1, 0.15) is 25.3 Å². The maximum Gasteiger partial charge on any atom is 0.407 e. The summed E-state index contributed by atoms with van der Waals surface area (Å²) in [5.74, 6) is 0.0256. The minimum Gasteiger partial charge on any atom is -0.445 e. The topological polar surface area (TPSA) is 122 Å². The third-order valence-electron chi connectivity index (χ3n) is 5.47. The smallest absolute Gasteiger partial charge is 0.407 e. The number of alkyl carbamates (subject to hydrolysis) is 1. The van der Waals surface area contributed by atoms with Crippen molar-refractivity contribution in [3.63, 3.8) is 0 Å². The molecule has 11 heteroatoms. The molecule has 0 spiro atoms. The van der Waals surface area contributed by atoms with Crippen molar-refractivity contribution in [1.82, 2.24) is 15.1 Å². The van der Waals surface area contributed by atoms with Crippen molar-refractivity contribution in [2.45, 2.75) is 43.7 Å². The van der Waals surface area contributed by atoms with Gasteiger partial charge in [0.25, 0.3) is 5.69 Å². The summed E-state index contributed by atoms with van der Waals surface area (Å²) in [6, 6.07) is 5.36. The van der Waals surface area contributed by atoms with Gasteiger partial charge in [-0.3, -0.25) is 24.6 Å². The quantitative estimate of drug-likeness (QED) is 0.514. The van der Waals surface area contributed by atoms with Crippen molar-refractivity contribution in [2.24, 2.45) is 0 Å². The average Bonchev–Trinajstić information content (AvgIpc) is 3.32. The molecular formula is C20H26N4O6S. The van der Waals surface area contributed by atoms with Crippen molar-refractivity contribution >= 4 is 34.6 Å². The number of hydrogen-bond donors (Lipinski definition) is 1. The molecular weight excluding hydrogens is 424 g/mol. The lowest BCUT2D eigenvalue weighted by Gasteiger charge is -2.25. The highest BCUT2D eigenvalue weighted by Crippen LogP contribution is 2.28. The van der Waals surface area contributed by atoms with Crippen molar-refractivity contribution in [3.05, 3.63) is 39.9 Å². The summed E-state index contributed by atoms with van der Waals surface area (Å²) in [4.78, 5) is 50.3. The van der Waals surface area contributed by atoms with E-state index in [4.69, 9.17) is 4.74 Å². The van der Waals surface area contributed by atoms with Crippen molar-refractivity contribution in [1.29, 1.82) is 0 Å². The number of likely N-dealkylation sites (N-methyl/N-ethyl adjacent to an activating group) is 1. The molecule has 0 aliphatic carbocycles. The minimum atomic E-state index is -0.589. The third kappa shape index (κ3) is 6.17. The van der Waals surface area contributed by atoms with Crippen LogP contribution in [0, 0.1) is 10.1 Å². The average molecular weight is 451 g/mol. The Bertz CT molecular complexity index is 849. The molecule has 10 nitrogen and oxygen atoms in total. The number of amides is 2. The third-order valence-corrected chi connectivity index (χ3v) is 6.47. The first-order valence-corrected chi connectivity index (χ1v) is 10.9. The van der Waals surface area contributed by atoms with Crippen LogP contribution < -0.4 is 5.32 Å². The van der Waals surface area contributed by atoms with Crippen LogP contribution in [0.25, 0.3) is 0 Å². The first-order chi connectivity index (χ1) is 14.7. The molecule has 2 amide bonds. The van der Waals surface area contributed by atoms with Gasteiger partial charge in [0.15, 0.2) is 5.12 Å². The Hall–Kier alpha value is -2.66. The molecule has 1 N–H and O–H groups in total. The fourth-order valence-corrected chi connectivity index (χ4v) is 4.98. The number of hydrogen-bond acceptors (Lipinski definition) is 8. The predicted octanol–water partition coefficient (Wildman–Crippen LogP) is 1.77. The number of non-ortho nitro benzene ring substituents is 1. The molecule has 0 aromatic heterocycles. The van der Waals surface area contributed by atoms with Gasteiger partial charge in [0, 0.05) is 43.9 Å². The molecule has 1 aromatic carbocycles. The zero-order valence-corrected chi connectivity index (χ0v) is 18.3. The van der Waals surface area contributed by atoms with E-state index in [9.17, 15) is 24.5 Å². The molecule has 0 saturated carbocycles. The van der Waals surface area contributed by atoms with Crippen LogP contribution in [0.15, 0.2) is 24.3 Å². The van der Waals surface area contributed by atoms with Crippen LogP contribution in [0.5, 0.6) is 0 Å². The van der Waals surface area contributed by atoms with Crippen LogP contribution in [-0.2, 0) is 20.9 Å². The van der Waals surface area contributed by atoms with E-state index in [0.717, 1.165) is 0 Å². The Kier molecular flexibility index (Phi) is 7.50. The summed E-state index contributed by atoms with van der Waals surface area (Å²) < 4.78 is 5.19. The van der Waals surface area contributed by atoms with E-state index in [1.54, 1.807) is 4.90 Å². The molecule has 2 fully saturated rings. The van der Waals surface area contributed by atoms with Crippen molar-refractivity contribution < 1.29 is 24.0 Å². The van der Waals surface area contributed by atoms with Gasteiger partial charge in [-0.2, -0.15) is 0 Å². The second-order valence-electron chi connectivity index (χ2n) is 7.84. The normalized spacial score (nSPS) is 23.5. The van der Waals surface area contributed by atoms with Gasteiger partial charge >= 0.3 is 6.09 Å². The molecule has 2 heterocycles. The van der Waals surface area contributed by atoms with Crippen molar-refractivity contribution in [2.75, 3.05) is 26.7 Å². The summed E-state index contributed by atoms with van der Waals surface area (Å²) in [6.07, 6.45) is 0.694. The molecule has 3 rings (SSSR count). The number of rotatable bonds is 6. The number of nitrogens with one attached hydrogen (secondary N) is 1. The molecule has 31 heavy (non-hydrogen) atoms. The first-order valence-electron chi connectivity index (χ1n) is 10.1. The number of nitro groups is 1. The number of carbonyl (C=O) groups excluding carboxylic acids is 3. The standard InChI is InChI=1S/C20H26N4O6S/c1-13(25)31-17-9-18(22(2)11-17)19(26)23-8-7-15(10-23)21-20(27)30-12-14-3-5-16(6-4-14)24(28)29/h3-6,15,17-18H,7-12H2,1-2H3,(H,21,27)/t15-,17+,18-/m0/s1. The molecule has 2 aliphatic rings. The molecule has 2 saturated heterocycles. The molecule has 2 aliphatic heterocycles. The van der Waals surface area contributed by atoms with Gasteiger partial charge < -0.3 is 15.0 Å². The van der Waals surface area contributed by atoms with Crippen LogP contribution >= 0.6 is 11.8 Å². The zero-order valence-electron chi connectivity index (χ0n) is 17.5. The fraction of sp³-hybridized carbons (Fsp3) is 0.550. The fourth-order valence-electron chi connectivity index (χ4n) is 3.92. The number of benzene rings is 1. The van der Waals surface area contributed by atoms with Crippen LogP contribution in [0.4, 0.5) is 10.5 Å². The van der Waals surface area contributed by atoms with E-state index in [1.165, 1.54) is 43.0 Å². The van der Waals surface area contributed by atoms with Gasteiger partial charge in [-0.25, -0.2) is 4.79 Å². The Balaban J connectivity index is 1.43. The predicted molar refractivity (Wildman–Crippen MR) is 114 cm³/mol. The second-order valence-corrected chi connectivity index (χ2v) is 9.31. The Labute approximate surface area is 184 Å². The lowest BCUT2D eigenvalue weighted by Crippen LogP contribution is -2.45. The van der Waals surface area contributed by atoms with E-state index in [1.807, 2.05) is 11.9 Å². The van der Waals surface area contributed by atoms with Gasteiger partial charge in [-0.15, -0.1) is 0 Å². The van der Waals surface area contributed by atoms with E-state index in [2.05, 4.69) is 5.32 Å². The highest BCUT2D eigenvalue weighted by Gasteiger charge is 2.39.